The molecule has 1 unspecified atom stereocenters. The Morgan fingerprint density at radius 2 is 1.76 bits per heavy atom. The van der Waals surface area contributed by atoms with Crippen LogP contribution in [0.1, 0.15) is 39.2 Å². The Morgan fingerprint density at radius 3 is 2.46 bits per heavy atom. The van der Waals surface area contributed by atoms with Crippen LogP contribution in [0.3, 0.4) is 0 Å². The lowest BCUT2D eigenvalue weighted by Crippen LogP contribution is -2.34. The Kier molecular flexibility index (Phi) is 9.90. The fourth-order valence-electron chi connectivity index (χ4n) is 4.72. The van der Waals surface area contributed by atoms with Crippen LogP contribution in [0, 0.1) is 0 Å². The number of phenols is 1. The summed E-state index contributed by atoms with van der Waals surface area (Å²) in [5.74, 6) is 1.16. The van der Waals surface area contributed by atoms with Gasteiger partial charge in [-0.1, -0.05) is 30.3 Å². The minimum absolute atomic E-state index is 0.0354. The number of carbonyl (C=O) groups excluding carboxylic acids is 1. The highest BCUT2D eigenvalue weighted by Crippen LogP contribution is 2.36. The number of fused-ring (bicyclic) bond motifs is 1. The number of nitrogens with zero attached hydrogens (tertiary/aromatic N) is 1. The Hall–Kier alpha value is -4.46. The molecule has 0 radical (unpaired) electrons. The lowest BCUT2D eigenvalue weighted by Gasteiger charge is -2.19. The first kappa shape index (κ1) is 29.5. The summed E-state index contributed by atoms with van der Waals surface area (Å²) in [4.78, 5) is 27.0. The smallest absolute Gasteiger partial charge is 0.260 e. The Labute approximate surface area is 240 Å². The summed E-state index contributed by atoms with van der Waals surface area (Å²) in [5.41, 5.74) is 1.64. The van der Waals surface area contributed by atoms with E-state index in [0.29, 0.717) is 35.9 Å². The summed E-state index contributed by atoms with van der Waals surface area (Å²) in [6.45, 7) is 6.74. The zero-order valence-corrected chi connectivity index (χ0v) is 24.0. The molecule has 0 spiro atoms. The predicted octanol–water partition coefficient (Wildman–Crippen LogP) is 6.21. The SMILES string of the molecule is CCN(CC)C(=O)COc1cc(O)c2c(=O)cc(-c3ccc(OC)c(OC(C)CCCc4ccccc4)c3)oc2c1. The molecule has 0 fully saturated rings. The van der Waals surface area contributed by atoms with Gasteiger partial charge in [-0.25, -0.2) is 0 Å². The van der Waals surface area contributed by atoms with E-state index in [9.17, 15) is 14.7 Å². The van der Waals surface area contributed by atoms with Crippen LogP contribution in [-0.2, 0) is 11.2 Å². The van der Waals surface area contributed by atoms with Gasteiger partial charge in [0, 0.05) is 36.9 Å². The van der Waals surface area contributed by atoms with Gasteiger partial charge in [0.05, 0.1) is 13.2 Å². The monoisotopic (exact) mass is 559 g/mol. The maximum Gasteiger partial charge on any atom is 0.260 e. The number of aromatic hydroxyl groups is 1. The van der Waals surface area contributed by atoms with Crippen molar-refractivity contribution in [3.63, 3.8) is 0 Å². The van der Waals surface area contributed by atoms with Gasteiger partial charge in [0.15, 0.2) is 23.5 Å². The van der Waals surface area contributed by atoms with E-state index in [4.69, 9.17) is 18.6 Å². The van der Waals surface area contributed by atoms with E-state index in [0.717, 1.165) is 19.3 Å². The van der Waals surface area contributed by atoms with Gasteiger partial charge in [-0.15, -0.1) is 0 Å². The van der Waals surface area contributed by atoms with Crippen molar-refractivity contribution in [1.29, 1.82) is 0 Å². The second-order valence-corrected chi connectivity index (χ2v) is 9.82. The minimum Gasteiger partial charge on any atom is -0.507 e. The summed E-state index contributed by atoms with van der Waals surface area (Å²) in [6.07, 6.45) is 2.73. The second kappa shape index (κ2) is 13.7. The lowest BCUT2D eigenvalue weighted by atomic mass is 10.1. The highest BCUT2D eigenvalue weighted by atomic mass is 16.5. The van der Waals surface area contributed by atoms with Crippen LogP contribution < -0.4 is 19.6 Å². The second-order valence-electron chi connectivity index (χ2n) is 9.82. The standard InChI is InChI=1S/C33H37NO7/c1-5-34(6-2)32(37)21-39-25-18-26(35)33-27(36)20-29(41-31(33)19-25)24-15-16-28(38-4)30(17-24)40-22(3)11-10-14-23-12-8-7-9-13-23/h7-9,12-13,15-20,22,35H,5-6,10-11,14,21H2,1-4H3. The van der Waals surface area contributed by atoms with Crippen molar-refractivity contribution in [3.8, 4) is 34.3 Å². The molecule has 0 aliphatic heterocycles. The highest BCUT2D eigenvalue weighted by molar-refractivity contribution is 5.86. The molecular formula is C33H37NO7. The summed E-state index contributed by atoms with van der Waals surface area (Å²) in [5, 5.41) is 10.6. The zero-order chi connectivity index (χ0) is 29.4. The number of rotatable bonds is 13. The fourth-order valence-corrected chi connectivity index (χ4v) is 4.72. The maximum absolute atomic E-state index is 13.0. The van der Waals surface area contributed by atoms with Crippen molar-refractivity contribution in [2.24, 2.45) is 0 Å². The molecule has 0 saturated heterocycles. The molecule has 1 N–H and O–H groups in total. The molecular weight excluding hydrogens is 522 g/mol. The molecule has 1 aromatic heterocycles. The van der Waals surface area contributed by atoms with Gasteiger partial charge in [-0.2, -0.15) is 0 Å². The molecule has 4 aromatic rings. The number of phenolic OH excluding ortho intramolecular Hbond substituents is 1. The average Bonchev–Trinajstić information content (AvgIpc) is 2.96. The van der Waals surface area contributed by atoms with Gasteiger partial charge in [0.25, 0.3) is 5.91 Å². The molecule has 0 bridgehead atoms. The van der Waals surface area contributed by atoms with Crippen molar-refractivity contribution in [2.45, 2.75) is 46.1 Å². The molecule has 8 nitrogen and oxygen atoms in total. The van der Waals surface area contributed by atoms with Crippen LogP contribution in [0.25, 0.3) is 22.3 Å². The van der Waals surface area contributed by atoms with Gasteiger partial charge in [0.1, 0.15) is 28.2 Å². The first-order valence-electron chi connectivity index (χ1n) is 13.9. The van der Waals surface area contributed by atoms with Gasteiger partial charge < -0.3 is 28.6 Å². The van der Waals surface area contributed by atoms with Crippen LogP contribution in [0.2, 0.25) is 0 Å². The summed E-state index contributed by atoms with van der Waals surface area (Å²) in [6, 6.07) is 19.8. The van der Waals surface area contributed by atoms with Gasteiger partial charge in [-0.3, -0.25) is 9.59 Å². The molecule has 3 aromatic carbocycles. The third kappa shape index (κ3) is 7.39. The highest BCUT2D eigenvalue weighted by Gasteiger charge is 2.17. The quantitative estimate of drug-likeness (QED) is 0.208. The Balaban J connectivity index is 1.54. The van der Waals surface area contributed by atoms with E-state index in [1.54, 1.807) is 30.2 Å². The van der Waals surface area contributed by atoms with Crippen LogP contribution in [0.4, 0.5) is 0 Å². The van der Waals surface area contributed by atoms with Crippen molar-refractivity contribution in [1.82, 2.24) is 4.90 Å². The molecule has 0 aliphatic carbocycles. The molecule has 4 rings (SSSR count). The molecule has 1 atom stereocenters. The third-order valence-corrected chi connectivity index (χ3v) is 6.96. The molecule has 0 aliphatic rings. The molecule has 41 heavy (non-hydrogen) atoms. The maximum atomic E-state index is 13.0. The van der Waals surface area contributed by atoms with Crippen LogP contribution in [0.5, 0.6) is 23.0 Å². The summed E-state index contributed by atoms with van der Waals surface area (Å²) in [7, 11) is 1.58. The van der Waals surface area contributed by atoms with E-state index >= 15 is 0 Å². The first-order valence-corrected chi connectivity index (χ1v) is 13.9. The number of likely N-dealkylation sites (N-methyl/N-ethyl adjacent to an activating group) is 1. The Bertz CT molecular complexity index is 1530. The van der Waals surface area contributed by atoms with Crippen molar-refractivity contribution >= 4 is 16.9 Å². The van der Waals surface area contributed by atoms with Crippen molar-refractivity contribution in [2.75, 3.05) is 26.8 Å². The fraction of sp³-hybridized carbons (Fsp3) is 0.333. The van der Waals surface area contributed by atoms with Crippen LogP contribution in [-0.4, -0.2) is 48.8 Å². The number of ether oxygens (including phenoxy) is 3. The molecule has 1 heterocycles. The number of hydrogen-bond donors (Lipinski definition) is 1. The lowest BCUT2D eigenvalue weighted by molar-refractivity contribution is -0.132. The number of carbonyl (C=O) groups is 1. The number of hydrogen-bond acceptors (Lipinski definition) is 7. The van der Waals surface area contributed by atoms with Gasteiger partial charge in [0.2, 0.25) is 0 Å². The summed E-state index contributed by atoms with van der Waals surface area (Å²) < 4.78 is 23.5. The molecule has 1 amide bonds. The largest absolute Gasteiger partial charge is 0.507 e. The number of amides is 1. The number of methoxy groups -OCH3 is 1. The van der Waals surface area contributed by atoms with Crippen LogP contribution in [0.15, 0.2) is 75.9 Å². The zero-order valence-electron chi connectivity index (χ0n) is 24.0. The third-order valence-electron chi connectivity index (χ3n) is 6.96. The summed E-state index contributed by atoms with van der Waals surface area (Å²) >= 11 is 0. The number of benzene rings is 3. The molecule has 0 saturated carbocycles. The van der Waals surface area contributed by atoms with Crippen molar-refractivity contribution in [3.05, 3.63) is 82.5 Å². The van der Waals surface area contributed by atoms with Gasteiger partial charge in [-0.05, 0) is 63.8 Å². The van der Waals surface area contributed by atoms with E-state index in [2.05, 4.69) is 12.1 Å². The molecule has 8 heteroatoms. The first-order chi connectivity index (χ1) is 19.8. The normalized spacial score (nSPS) is 11.7. The van der Waals surface area contributed by atoms with E-state index in [1.165, 1.54) is 23.8 Å². The number of aryl methyl sites for hydroxylation is 1. The van der Waals surface area contributed by atoms with E-state index in [1.807, 2.05) is 39.0 Å². The van der Waals surface area contributed by atoms with Gasteiger partial charge >= 0.3 is 0 Å². The minimum atomic E-state index is -0.405. The Morgan fingerprint density at radius 1 is 1.00 bits per heavy atom. The topological polar surface area (TPSA) is 98.4 Å². The van der Waals surface area contributed by atoms with Crippen molar-refractivity contribution < 1.29 is 28.5 Å². The van der Waals surface area contributed by atoms with E-state index in [-0.39, 0.29) is 41.1 Å². The van der Waals surface area contributed by atoms with Crippen LogP contribution >= 0.6 is 0 Å². The average molecular weight is 560 g/mol. The molecule has 216 valence electrons. The van der Waals surface area contributed by atoms with E-state index < -0.39 is 5.43 Å². The predicted molar refractivity (Wildman–Crippen MR) is 159 cm³/mol.